The topological polar surface area (TPSA) is 80.4 Å². The van der Waals surface area contributed by atoms with Crippen molar-refractivity contribution in [1.29, 1.82) is 0 Å². The number of aliphatic carboxylic acids is 1. The van der Waals surface area contributed by atoms with Crippen molar-refractivity contribution in [3.05, 3.63) is 33.2 Å². The van der Waals surface area contributed by atoms with Gasteiger partial charge in [-0.3, -0.25) is 10.1 Å². The second-order valence-corrected chi connectivity index (χ2v) is 3.20. The van der Waals surface area contributed by atoms with Crippen LogP contribution < -0.4 is 0 Å². The molecular weight excluding hydrogens is 194 g/mol. The van der Waals surface area contributed by atoms with Crippen LogP contribution in [0, 0.1) is 10.1 Å². The summed E-state index contributed by atoms with van der Waals surface area (Å²) >= 11 is 0.934. The molecule has 13 heavy (non-hydrogen) atoms. The standard InChI is InChI=1S/C7H5NO4S/c9-7(10)4-2-5-1-3-6(13-5)8(11)12/h1-4H,(H,9,10)/b4-2-. The van der Waals surface area contributed by atoms with E-state index in [-0.39, 0.29) is 5.00 Å². The van der Waals surface area contributed by atoms with Crippen molar-refractivity contribution >= 4 is 28.4 Å². The van der Waals surface area contributed by atoms with E-state index in [1.54, 1.807) is 0 Å². The first-order valence-corrected chi connectivity index (χ1v) is 4.06. The molecule has 0 spiro atoms. The van der Waals surface area contributed by atoms with Crippen LogP contribution in [0.2, 0.25) is 0 Å². The fraction of sp³-hybridized carbons (Fsp3) is 0. The first kappa shape index (κ1) is 9.40. The molecule has 0 saturated carbocycles. The van der Waals surface area contributed by atoms with Crippen molar-refractivity contribution in [2.75, 3.05) is 0 Å². The van der Waals surface area contributed by atoms with E-state index in [0.717, 1.165) is 17.4 Å². The van der Waals surface area contributed by atoms with Gasteiger partial charge in [-0.25, -0.2) is 4.79 Å². The molecule has 0 saturated heterocycles. The molecule has 0 fully saturated rings. The lowest BCUT2D eigenvalue weighted by molar-refractivity contribution is -0.380. The number of rotatable bonds is 3. The Balaban J connectivity index is 2.80. The summed E-state index contributed by atoms with van der Waals surface area (Å²) in [6.07, 6.45) is 2.26. The number of nitro groups is 1. The molecule has 0 aliphatic heterocycles. The Morgan fingerprint density at radius 2 is 2.31 bits per heavy atom. The SMILES string of the molecule is O=C(O)/C=C\c1ccc([N+](=O)[O-])s1. The average Bonchev–Trinajstić information content (AvgIpc) is 2.48. The number of hydrogen-bond donors (Lipinski definition) is 1. The summed E-state index contributed by atoms with van der Waals surface area (Å²) < 4.78 is 0. The summed E-state index contributed by atoms with van der Waals surface area (Å²) in [5, 5.41) is 18.5. The summed E-state index contributed by atoms with van der Waals surface area (Å²) in [6, 6.07) is 2.84. The first-order valence-electron chi connectivity index (χ1n) is 3.25. The third-order valence-corrected chi connectivity index (χ3v) is 2.18. The lowest BCUT2D eigenvalue weighted by Crippen LogP contribution is -1.84. The second-order valence-electron chi connectivity index (χ2n) is 2.10. The van der Waals surface area contributed by atoms with Gasteiger partial charge in [-0.2, -0.15) is 0 Å². The van der Waals surface area contributed by atoms with Crippen LogP contribution in [0.1, 0.15) is 4.88 Å². The van der Waals surface area contributed by atoms with Crippen molar-refractivity contribution in [1.82, 2.24) is 0 Å². The van der Waals surface area contributed by atoms with Gasteiger partial charge in [0, 0.05) is 17.0 Å². The molecule has 1 rings (SSSR count). The highest BCUT2D eigenvalue weighted by Crippen LogP contribution is 2.24. The Labute approximate surface area is 77.1 Å². The van der Waals surface area contributed by atoms with Crippen LogP contribution in [0.25, 0.3) is 6.08 Å². The third-order valence-electron chi connectivity index (χ3n) is 1.18. The van der Waals surface area contributed by atoms with Gasteiger partial charge in [0.15, 0.2) is 0 Å². The molecule has 0 aliphatic rings. The summed E-state index contributed by atoms with van der Waals surface area (Å²) in [7, 11) is 0. The molecule has 0 amide bonds. The lowest BCUT2D eigenvalue weighted by Gasteiger charge is -1.80. The molecule has 0 aromatic carbocycles. The molecule has 6 heteroatoms. The predicted molar refractivity (Wildman–Crippen MR) is 47.6 cm³/mol. The minimum absolute atomic E-state index is 0.00467. The van der Waals surface area contributed by atoms with E-state index in [0.29, 0.717) is 4.88 Å². The molecule has 68 valence electrons. The Bertz CT molecular complexity index is 368. The maximum Gasteiger partial charge on any atom is 0.328 e. The van der Waals surface area contributed by atoms with Crippen molar-refractivity contribution in [3.63, 3.8) is 0 Å². The Morgan fingerprint density at radius 1 is 1.62 bits per heavy atom. The number of carboxylic acid groups (broad SMARTS) is 1. The fourth-order valence-electron chi connectivity index (χ4n) is 0.683. The zero-order valence-corrected chi connectivity index (χ0v) is 7.15. The van der Waals surface area contributed by atoms with E-state index in [9.17, 15) is 14.9 Å². The number of thiophene rings is 1. The first-order chi connectivity index (χ1) is 6.09. The van der Waals surface area contributed by atoms with Gasteiger partial charge in [0.25, 0.3) is 0 Å². The number of nitrogens with zero attached hydrogens (tertiary/aromatic N) is 1. The summed E-state index contributed by atoms with van der Waals surface area (Å²) in [6.45, 7) is 0. The van der Waals surface area contributed by atoms with E-state index in [2.05, 4.69) is 0 Å². The zero-order valence-electron chi connectivity index (χ0n) is 6.34. The zero-order chi connectivity index (χ0) is 9.84. The quantitative estimate of drug-likeness (QED) is 0.457. The van der Waals surface area contributed by atoms with Crippen LogP contribution in [0.5, 0.6) is 0 Å². The van der Waals surface area contributed by atoms with E-state index < -0.39 is 10.9 Å². The minimum atomic E-state index is -1.07. The number of carbonyl (C=O) groups is 1. The van der Waals surface area contributed by atoms with Gasteiger partial charge in [-0.15, -0.1) is 0 Å². The van der Waals surface area contributed by atoms with Crippen LogP contribution in [0.3, 0.4) is 0 Å². The van der Waals surface area contributed by atoms with E-state index in [1.165, 1.54) is 18.2 Å². The highest BCUT2D eigenvalue weighted by molar-refractivity contribution is 7.16. The van der Waals surface area contributed by atoms with Gasteiger partial charge in [0.2, 0.25) is 0 Å². The van der Waals surface area contributed by atoms with Crippen LogP contribution in [0.15, 0.2) is 18.2 Å². The van der Waals surface area contributed by atoms with Crippen molar-refractivity contribution in [2.24, 2.45) is 0 Å². The van der Waals surface area contributed by atoms with Crippen LogP contribution in [-0.4, -0.2) is 16.0 Å². The number of hydrogen-bond acceptors (Lipinski definition) is 4. The molecule has 0 radical (unpaired) electrons. The Kier molecular flexibility index (Phi) is 2.76. The smallest absolute Gasteiger partial charge is 0.328 e. The molecule has 0 atom stereocenters. The fourth-order valence-corrected chi connectivity index (χ4v) is 1.41. The van der Waals surface area contributed by atoms with E-state index in [4.69, 9.17) is 5.11 Å². The minimum Gasteiger partial charge on any atom is -0.478 e. The molecule has 0 unspecified atom stereocenters. The molecule has 0 bridgehead atoms. The van der Waals surface area contributed by atoms with Crippen molar-refractivity contribution in [3.8, 4) is 0 Å². The van der Waals surface area contributed by atoms with Crippen molar-refractivity contribution in [2.45, 2.75) is 0 Å². The Hall–Kier alpha value is -1.69. The van der Waals surface area contributed by atoms with E-state index >= 15 is 0 Å². The highest BCUT2D eigenvalue weighted by Gasteiger charge is 2.07. The number of carboxylic acids is 1. The molecule has 1 heterocycles. The average molecular weight is 199 g/mol. The lowest BCUT2D eigenvalue weighted by atomic mass is 10.4. The van der Waals surface area contributed by atoms with Crippen LogP contribution >= 0.6 is 11.3 Å². The van der Waals surface area contributed by atoms with Gasteiger partial charge in [-0.1, -0.05) is 11.3 Å². The predicted octanol–water partition coefficient (Wildman–Crippen LogP) is 1.75. The summed E-state index contributed by atoms with van der Waals surface area (Å²) in [4.78, 5) is 20.4. The van der Waals surface area contributed by atoms with Gasteiger partial charge in [0.1, 0.15) is 0 Å². The summed E-state index contributed by atoms with van der Waals surface area (Å²) in [5.41, 5.74) is 0. The van der Waals surface area contributed by atoms with Gasteiger partial charge >= 0.3 is 11.0 Å². The van der Waals surface area contributed by atoms with Gasteiger partial charge in [-0.05, 0) is 12.1 Å². The molecule has 1 aromatic heterocycles. The molecular formula is C7H5NO4S. The van der Waals surface area contributed by atoms with Crippen LogP contribution in [0.4, 0.5) is 5.00 Å². The maximum atomic E-state index is 10.2. The second kappa shape index (κ2) is 3.81. The van der Waals surface area contributed by atoms with Crippen molar-refractivity contribution < 1.29 is 14.8 Å². The van der Waals surface area contributed by atoms with Crippen LogP contribution in [-0.2, 0) is 4.79 Å². The van der Waals surface area contributed by atoms with E-state index in [1.807, 2.05) is 0 Å². The normalized spacial score (nSPS) is 10.5. The van der Waals surface area contributed by atoms with Gasteiger partial charge < -0.3 is 5.11 Å². The molecule has 1 N–H and O–H groups in total. The molecule has 5 nitrogen and oxygen atoms in total. The molecule has 0 aliphatic carbocycles. The van der Waals surface area contributed by atoms with Gasteiger partial charge in [0.05, 0.1) is 4.92 Å². The maximum absolute atomic E-state index is 10.2. The Morgan fingerprint density at radius 3 is 2.77 bits per heavy atom. The monoisotopic (exact) mass is 199 g/mol. The summed E-state index contributed by atoms with van der Waals surface area (Å²) in [5.74, 6) is -1.07. The molecule has 1 aromatic rings. The largest absolute Gasteiger partial charge is 0.478 e. The third kappa shape index (κ3) is 2.68. The highest BCUT2D eigenvalue weighted by atomic mass is 32.1.